The van der Waals surface area contributed by atoms with Crippen LogP contribution in [0.4, 0.5) is 0 Å². The van der Waals surface area contributed by atoms with E-state index in [2.05, 4.69) is 27.4 Å². The summed E-state index contributed by atoms with van der Waals surface area (Å²) in [4.78, 5) is 17.6. The summed E-state index contributed by atoms with van der Waals surface area (Å²) in [5, 5.41) is 12.3. The molecule has 162 valence electrons. The van der Waals surface area contributed by atoms with Crippen molar-refractivity contribution < 1.29 is 4.79 Å². The highest BCUT2D eigenvalue weighted by atomic mass is 16.1. The molecule has 4 aliphatic carbocycles. The molecule has 31 heavy (non-hydrogen) atoms. The number of fused-ring (bicyclic) bond motifs is 1. The normalized spacial score (nSPS) is 29.0. The van der Waals surface area contributed by atoms with Crippen molar-refractivity contribution in [2.24, 2.45) is 23.2 Å². The van der Waals surface area contributed by atoms with Crippen molar-refractivity contribution in [3.63, 3.8) is 0 Å². The summed E-state index contributed by atoms with van der Waals surface area (Å²) >= 11 is 0. The minimum Gasteiger partial charge on any atom is -0.351 e. The van der Waals surface area contributed by atoms with E-state index in [0.29, 0.717) is 16.6 Å². The van der Waals surface area contributed by atoms with E-state index in [9.17, 15) is 4.79 Å². The fourth-order valence-corrected chi connectivity index (χ4v) is 7.06. The van der Waals surface area contributed by atoms with Gasteiger partial charge in [-0.25, -0.2) is 9.50 Å². The quantitative estimate of drug-likeness (QED) is 0.682. The van der Waals surface area contributed by atoms with Gasteiger partial charge in [-0.1, -0.05) is 0 Å². The second-order valence-corrected chi connectivity index (χ2v) is 10.2. The summed E-state index contributed by atoms with van der Waals surface area (Å²) in [5.41, 5.74) is 4.33. The van der Waals surface area contributed by atoms with Crippen LogP contribution in [0.1, 0.15) is 61.5 Å². The van der Waals surface area contributed by atoms with Crippen LogP contribution in [-0.2, 0) is 6.54 Å². The van der Waals surface area contributed by atoms with Gasteiger partial charge in [0.1, 0.15) is 5.56 Å². The van der Waals surface area contributed by atoms with Gasteiger partial charge in [0.15, 0.2) is 5.65 Å². The predicted molar refractivity (Wildman–Crippen MR) is 118 cm³/mol. The van der Waals surface area contributed by atoms with Crippen LogP contribution < -0.4 is 5.32 Å². The monoisotopic (exact) mass is 418 g/mol. The van der Waals surface area contributed by atoms with Crippen LogP contribution in [0.2, 0.25) is 0 Å². The van der Waals surface area contributed by atoms with E-state index in [0.717, 1.165) is 47.8 Å². The molecule has 0 radical (unpaired) electrons. The maximum absolute atomic E-state index is 13.2. The zero-order chi connectivity index (χ0) is 21.2. The summed E-state index contributed by atoms with van der Waals surface area (Å²) in [6, 6.07) is 1.93. The highest BCUT2D eigenvalue weighted by Crippen LogP contribution is 2.59. The standard InChI is InChI=1S/C24H30N6O/c1-3-29-13-20(15(2)28-29)21-4-5-25-22-19(12-27-30(21)22)23(31)26-14-24-9-16-6-17(10-24)8-18(7-16)11-24/h4-5,12-13,16-18H,3,6-11,14H2,1-2H3,(H,26,31). The Labute approximate surface area is 182 Å². The molecule has 4 bridgehead atoms. The number of rotatable bonds is 5. The van der Waals surface area contributed by atoms with E-state index in [-0.39, 0.29) is 5.91 Å². The van der Waals surface area contributed by atoms with Crippen molar-refractivity contribution >= 4 is 11.6 Å². The lowest BCUT2D eigenvalue weighted by molar-refractivity contribution is -0.0503. The second-order valence-electron chi connectivity index (χ2n) is 10.2. The molecule has 4 aliphatic rings. The first-order valence-electron chi connectivity index (χ1n) is 11.7. The lowest BCUT2D eigenvalue weighted by Crippen LogP contribution is -2.51. The third kappa shape index (κ3) is 3.08. The van der Waals surface area contributed by atoms with E-state index < -0.39 is 0 Å². The van der Waals surface area contributed by atoms with Crippen molar-refractivity contribution in [3.8, 4) is 11.3 Å². The van der Waals surface area contributed by atoms with Gasteiger partial charge in [-0.15, -0.1) is 0 Å². The van der Waals surface area contributed by atoms with E-state index in [1.165, 1.54) is 38.5 Å². The highest BCUT2D eigenvalue weighted by molar-refractivity contribution is 5.99. The van der Waals surface area contributed by atoms with Crippen LogP contribution in [0, 0.1) is 30.1 Å². The molecular formula is C24H30N6O. The molecule has 4 fully saturated rings. The smallest absolute Gasteiger partial charge is 0.256 e. The first kappa shape index (κ1) is 19.0. The number of aryl methyl sites for hydroxylation is 2. The Hall–Kier alpha value is -2.70. The Morgan fingerprint density at radius 1 is 1.19 bits per heavy atom. The lowest BCUT2D eigenvalue weighted by atomic mass is 9.49. The molecule has 1 amide bonds. The summed E-state index contributed by atoms with van der Waals surface area (Å²) in [7, 11) is 0. The summed E-state index contributed by atoms with van der Waals surface area (Å²) < 4.78 is 3.68. The Bertz CT molecular complexity index is 1120. The van der Waals surface area contributed by atoms with Gasteiger partial charge in [-0.2, -0.15) is 10.2 Å². The number of nitrogens with one attached hydrogen (secondary N) is 1. The van der Waals surface area contributed by atoms with E-state index >= 15 is 0 Å². The van der Waals surface area contributed by atoms with Crippen LogP contribution in [0.5, 0.6) is 0 Å². The Morgan fingerprint density at radius 2 is 1.90 bits per heavy atom. The SMILES string of the molecule is CCn1cc(-c2ccnc3c(C(=O)NCC45CC6CC(CC(C6)C4)C5)cnn23)c(C)n1. The molecule has 0 aromatic carbocycles. The number of hydrogen-bond acceptors (Lipinski definition) is 4. The Kier molecular flexibility index (Phi) is 4.24. The molecule has 4 saturated carbocycles. The topological polar surface area (TPSA) is 77.1 Å². The molecule has 7 heteroatoms. The van der Waals surface area contributed by atoms with Crippen molar-refractivity contribution in [1.82, 2.24) is 29.7 Å². The molecule has 0 unspecified atom stereocenters. The Balaban J connectivity index is 1.26. The van der Waals surface area contributed by atoms with Crippen molar-refractivity contribution in [3.05, 3.63) is 35.9 Å². The number of aromatic nitrogens is 5. The molecule has 0 spiro atoms. The average Bonchev–Trinajstić information content (AvgIpc) is 3.34. The van der Waals surface area contributed by atoms with Crippen LogP contribution in [-0.4, -0.2) is 36.8 Å². The van der Waals surface area contributed by atoms with Crippen LogP contribution in [0.15, 0.2) is 24.7 Å². The van der Waals surface area contributed by atoms with Gasteiger partial charge < -0.3 is 5.32 Å². The van der Waals surface area contributed by atoms with E-state index in [4.69, 9.17) is 0 Å². The van der Waals surface area contributed by atoms with Gasteiger partial charge in [-0.3, -0.25) is 9.48 Å². The molecule has 3 heterocycles. The lowest BCUT2D eigenvalue weighted by Gasteiger charge is -2.56. The molecular weight excluding hydrogens is 388 g/mol. The largest absolute Gasteiger partial charge is 0.351 e. The maximum atomic E-state index is 13.2. The minimum absolute atomic E-state index is 0.0589. The molecule has 0 saturated heterocycles. The molecule has 3 aromatic heterocycles. The average molecular weight is 419 g/mol. The highest BCUT2D eigenvalue weighted by Gasteiger charge is 2.50. The van der Waals surface area contributed by atoms with Gasteiger partial charge in [0.05, 0.1) is 17.6 Å². The number of amides is 1. The number of carbonyl (C=O) groups is 1. The fourth-order valence-electron chi connectivity index (χ4n) is 7.06. The first-order valence-corrected chi connectivity index (χ1v) is 11.7. The van der Waals surface area contributed by atoms with E-state index in [1.54, 1.807) is 16.9 Å². The van der Waals surface area contributed by atoms with Gasteiger partial charge in [0, 0.05) is 31.0 Å². The van der Waals surface area contributed by atoms with Crippen LogP contribution in [0.3, 0.4) is 0 Å². The van der Waals surface area contributed by atoms with Gasteiger partial charge in [-0.05, 0) is 81.6 Å². The second kappa shape index (κ2) is 6.90. The van der Waals surface area contributed by atoms with Crippen molar-refractivity contribution in [2.45, 2.75) is 58.9 Å². The maximum Gasteiger partial charge on any atom is 0.256 e. The van der Waals surface area contributed by atoms with Gasteiger partial charge in [0.2, 0.25) is 0 Å². The van der Waals surface area contributed by atoms with Gasteiger partial charge in [0.25, 0.3) is 5.91 Å². The third-order valence-corrected chi connectivity index (χ3v) is 7.98. The minimum atomic E-state index is -0.0589. The third-order valence-electron chi connectivity index (χ3n) is 7.98. The zero-order valence-electron chi connectivity index (χ0n) is 18.3. The molecule has 0 aliphatic heterocycles. The van der Waals surface area contributed by atoms with Crippen LogP contribution in [0.25, 0.3) is 16.9 Å². The van der Waals surface area contributed by atoms with Crippen molar-refractivity contribution in [1.29, 1.82) is 0 Å². The summed E-state index contributed by atoms with van der Waals surface area (Å²) in [6.45, 7) is 5.66. The van der Waals surface area contributed by atoms with Crippen LogP contribution >= 0.6 is 0 Å². The molecule has 0 atom stereocenters. The fraction of sp³-hybridized carbons (Fsp3) is 0.583. The summed E-state index contributed by atoms with van der Waals surface area (Å²) in [5.74, 6) is 2.60. The molecule has 7 nitrogen and oxygen atoms in total. The number of hydrogen-bond donors (Lipinski definition) is 1. The number of carbonyl (C=O) groups excluding carboxylic acids is 1. The molecule has 7 rings (SSSR count). The summed E-state index contributed by atoms with van der Waals surface area (Å²) in [6.07, 6.45) is 13.6. The first-order chi connectivity index (χ1) is 15.0. The Morgan fingerprint density at radius 3 is 2.55 bits per heavy atom. The van der Waals surface area contributed by atoms with Gasteiger partial charge >= 0.3 is 0 Å². The van der Waals surface area contributed by atoms with E-state index in [1.807, 2.05) is 23.9 Å². The zero-order valence-corrected chi connectivity index (χ0v) is 18.3. The van der Waals surface area contributed by atoms with Crippen molar-refractivity contribution in [2.75, 3.05) is 6.54 Å². The molecule has 1 N–H and O–H groups in total. The number of nitrogens with zero attached hydrogens (tertiary/aromatic N) is 5. The molecule has 3 aromatic rings. The predicted octanol–water partition coefficient (Wildman–Crippen LogP) is 3.87.